The lowest BCUT2D eigenvalue weighted by Crippen LogP contribution is -2.29. The van der Waals surface area contributed by atoms with Gasteiger partial charge in [-0.3, -0.25) is 4.68 Å². The van der Waals surface area contributed by atoms with Gasteiger partial charge in [-0.15, -0.1) is 0 Å². The summed E-state index contributed by atoms with van der Waals surface area (Å²) in [6, 6.07) is 0. The number of aliphatic hydroxyl groups excluding tert-OH is 1. The van der Waals surface area contributed by atoms with Crippen molar-refractivity contribution in [3.63, 3.8) is 0 Å². The van der Waals surface area contributed by atoms with Gasteiger partial charge < -0.3 is 9.84 Å². The molecule has 2 rings (SSSR count). The molecule has 1 fully saturated rings. The number of rotatable bonds is 4. The molecule has 1 saturated heterocycles. The number of aromatic nitrogens is 2. The van der Waals surface area contributed by atoms with Crippen LogP contribution >= 0.6 is 11.6 Å². The van der Waals surface area contributed by atoms with E-state index in [1.165, 1.54) is 0 Å². The minimum atomic E-state index is -0.355. The summed E-state index contributed by atoms with van der Waals surface area (Å²) in [6.07, 6.45) is 2.90. The van der Waals surface area contributed by atoms with E-state index in [0.717, 1.165) is 43.9 Å². The van der Waals surface area contributed by atoms with Crippen molar-refractivity contribution in [1.82, 2.24) is 9.78 Å². The zero-order chi connectivity index (χ0) is 13.1. The zero-order valence-corrected chi connectivity index (χ0v) is 11.8. The molecule has 0 spiro atoms. The van der Waals surface area contributed by atoms with Crippen LogP contribution < -0.4 is 0 Å². The molecule has 0 bridgehead atoms. The summed E-state index contributed by atoms with van der Waals surface area (Å²) >= 11 is 6.29. The number of halogens is 1. The topological polar surface area (TPSA) is 47.3 Å². The second kappa shape index (κ2) is 6.04. The number of aryl methyl sites for hydroxylation is 2. The van der Waals surface area contributed by atoms with Crippen LogP contribution in [0.5, 0.6) is 0 Å². The first-order chi connectivity index (χ1) is 8.63. The molecule has 1 N–H and O–H groups in total. The summed E-state index contributed by atoms with van der Waals surface area (Å²) in [5.41, 5.74) is 1.85. The Morgan fingerprint density at radius 1 is 1.50 bits per heavy atom. The Bertz CT molecular complexity index is 400. The van der Waals surface area contributed by atoms with Crippen LogP contribution in [-0.2, 0) is 24.6 Å². The Labute approximate surface area is 113 Å². The monoisotopic (exact) mass is 272 g/mol. The van der Waals surface area contributed by atoms with Crippen molar-refractivity contribution in [1.29, 1.82) is 0 Å². The molecule has 1 unspecified atom stereocenters. The van der Waals surface area contributed by atoms with Crippen molar-refractivity contribution in [3.05, 3.63) is 16.4 Å². The lowest BCUT2D eigenvalue weighted by atomic mass is 9.91. The van der Waals surface area contributed by atoms with Crippen molar-refractivity contribution in [3.8, 4) is 0 Å². The maximum Gasteiger partial charge on any atom is 0.0850 e. The summed E-state index contributed by atoms with van der Waals surface area (Å²) in [6.45, 7) is 3.54. The van der Waals surface area contributed by atoms with Crippen LogP contribution in [0.1, 0.15) is 31.2 Å². The molecule has 1 aromatic heterocycles. The van der Waals surface area contributed by atoms with Crippen LogP contribution in [0.25, 0.3) is 0 Å². The molecule has 0 aromatic carbocycles. The molecular weight excluding hydrogens is 252 g/mol. The van der Waals surface area contributed by atoms with E-state index >= 15 is 0 Å². The number of aliphatic hydroxyl groups is 1. The van der Waals surface area contributed by atoms with Gasteiger partial charge >= 0.3 is 0 Å². The van der Waals surface area contributed by atoms with Crippen molar-refractivity contribution < 1.29 is 9.84 Å². The first kappa shape index (κ1) is 13.8. The SMILES string of the molecule is CCc1nn(C)c(CC(O)C2CCOCC2)c1Cl. The Kier molecular flexibility index (Phi) is 4.65. The van der Waals surface area contributed by atoms with Gasteiger partial charge in [0.2, 0.25) is 0 Å². The van der Waals surface area contributed by atoms with Crippen LogP contribution in [0.4, 0.5) is 0 Å². The highest BCUT2D eigenvalue weighted by Gasteiger charge is 2.25. The van der Waals surface area contributed by atoms with Gasteiger partial charge in [0, 0.05) is 26.7 Å². The highest BCUT2D eigenvalue weighted by atomic mass is 35.5. The lowest BCUT2D eigenvalue weighted by molar-refractivity contribution is 0.00778. The molecule has 1 aliphatic rings. The van der Waals surface area contributed by atoms with E-state index in [1.807, 2.05) is 14.0 Å². The van der Waals surface area contributed by atoms with Gasteiger partial charge in [0.1, 0.15) is 0 Å². The van der Waals surface area contributed by atoms with Gasteiger partial charge in [-0.2, -0.15) is 5.10 Å². The average Bonchev–Trinajstić information content (AvgIpc) is 2.67. The molecule has 0 aliphatic carbocycles. The van der Waals surface area contributed by atoms with Crippen LogP contribution in [0.2, 0.25) is 5.02 Å². The summed E-state index contributed by atoms with van der Waals surface area (Å²) in [5.74, 6) is 0.315. The summed E-state index contributed by atoms with van der Waals surface area (Å²) in [5, 5.41) is 15.4. The molecule has 5 heteroatoms. The largest absolute Gasteiger partial charge is 0.392 e. The third-order valence-electron chi connectivity index (χ3n) is 3.72. The number of nitrogens with zero attached hydrogens (tertiary/aromatic N) is 2. The number of ether oxygens (including phenoxy) is 1. The molecule has 1 aromatic rings. The molecule has 0 radical (unpaired) electrons. The van der Waals surface area contributed by atoms with E-state index in [1.54, 1.807) is 4.68 Å². The molecule has 0 saturated carbocycles. The maximum absolute atomic E-state index is 10.3. The Hall–Kier alpha value is -0.580. The summed E-state index contributed by atoms with van der Waals surface area (Å²) < 4.78 is 7.11. The van der Waals surface area contributed by atoms with Crippen molar-refractivity contribution in [2.75, 3.05) is 13.2 Å². The third kappa shape index (κ3) is 2.87. The molecule has 18 heavy (non-hydrogen) atoms. The first-order valence-electron chi connectivity index (χ1n) is 6.59. The van der Waals surface area contributed by atoms with E-state index in [4.69, 9.17) is 16.3 Å². The lowest BCUT2D eigenvalue weighted by Gasteiger charge is -2.26. The normalized spacial score (nSPS) is 19.1. The molecular formula is C13H21ClN2O2. The number of hydrogen-bond acceptors (Lipinski definition) is 3. The van der Waals surface area contributed by atoms with Crippen LogP contribution in [0, 0.1) is 5.92 Å². The Balaban J connectivity index is 2.06. The van der Waals surface area contributed by atoms with Crippen LogP contribution in [0.15, 0.2) is 0 Å². The fraction of sp³-hybridized carbons (Fsp3) is 0.769. The van der Waals surface area contributed by atoms with Crippen LogP contribution in [-0.4, -0.2) is 34.2 Å². The summed E-state index contributed by atoms with van der Waals surface area (Å²) in [4.78, 5) is 0. The van der Waals surface area contributed by atoms with E-state index in [-0.39, 0.29) is 6.10 Å². The minimum absolute atomic E-state index is 0.315. The predicted octanol–water partition coefficient (Wildman–Crippen LogP) is 1.97. The number of hydrogen-bond donors (Lipinski definition) is 1. The Morgan fingerprint density at radius 3 is 2.72 bits per heavy atom. The zero-order valence-electron chi connectivity index (χ0n) is 11.0. The van der Waals surface area contributed by atoms with E-state index in [0.29, 0.717) is 17.4 Å². The fourth-order valence-corrected chi connectivity index (χ4v) is 2.88. The smallest absolute Gasteiger partial charge is 0.0850 e. The average molecular weight is 273 g/mol. The maximum atomic E-state index is 10.3. The van der Waals surface area contributed by atoms with Gasteiger partial charge in [-0.25, -0.2) is 0 Å². The highest BCUT2D eigenvalue weighted by molar-refractivity contribution is 6.31. The molecule has 102 valence electrons. The third-order valence-corrected chi connectivity index (χ3v) is 4.15. The summed E-state index contributed by atoms with van der Waals surface area (Å²) in [7, 11) is 1.89. The van der Waals surface area contributed by atoms with Gasteiger partial charge in [-0.1, -0.05) is 18.5 Å². The van der Waals surface area contributed by atoms with Crippen LogP contribution in [0.3, 0.4) is 0 Å². The molecule has 2 heterocycles. The highest BCUT2D eigenvalue weighted by Crippen LogP contribution is 2.26. The second-order valence-electron chi connectivity index (χ2n) is 4.91. The van der Waals surface area contributed by atoms with Crippen molar-refractivity contribution in [2.45, 2.75) is 38.7 Å². The van der Waals surface area contributed by atoms with E-state index in [9.17, 15) is 5.11 Å². The molecule has 4 nitrogen and oxygen atoms in total. The van der Waals surface area contributed by atoms with Crippen molar-refractivity contribution in [2.24, 2.45) is 13.0 Å². The van der Waals surface area contributed by atoms with E-state index in [2.05, 4.69) is 5.10 Å². The fourth-order valence-electron chi connectivity index (χ4n) is 2.51. The second-order valence-corrected chi connectivity index (χ2v) is 5.28. The van der Waals surface area contributed by atoms with E-state index < -0.39 is 0 Å². The Morgan fingerprint density at radius 2 is 2.17 bits per heavy atom. The molecule has 1 aliphatic heterocycles. The van der Waals surface area contributed by atoms with Gasteiger partial charge in [-0.05, 0) is 25.2 Å². The molecule has 0 amide bonds. The minimum Gasteiger partial charge on any atom is -0.392 e. The first-order valence-corrected chi connectivity index (χ1v) is 6.97. The predicted molar refractivity (Wildman–Crippen MR) is 70.8 cm³/mol. The quantitative estimate of drug-likeness (QED) is 0.912. The standard InChI is InChI=1S/C13H21ClN2O2/c1-3-10-13(14)11(16(2)15-10)8-12(17)9-4-6-18-7-5-9/h9,12,17H,3-8H2,1-2H3. The van der Waals surface area contributed by atoms with Gasteiger partial charge in [0.15, 0.2) is 0 Å². The van der Waals surface area contributed by atoms with Crippen molar-refractivity contribution >= 4 is 11.6 Å². The van der Waals surface area contributed by atoms with Gasteiger partial charge in [0.25, 0.3) is 0 Å². The molecule has 1 atom stereocenters. The van der Waals surface area contributed by atoms with Gasteiger partial charge in [0.05, 0.1) is 22.5 Å².